The summed E-state index contributed by atoms with van der Waals surface area (Å²) < 4.78 is 39.4. The number of rotatable bonds is 4. The molecule has 9 nitrogen and oxygen atoms in total. The van der Waals surface area contributed by atoms with Crippen LogP contribution in [-0.2, 0) is 31.2 Å². The third kappa shape index (κ3) is 5.79. The van der Waals surface area contributed by atoms with Gasteiger partial charge in [-0.1, -0.05) is 65.4 Å². The second kappa shape index (κ2) is 9.95. The maximum absolute atomic E-state index is 15.5. The van der Waals surface area contributed by atoms with E-state index < -0.39 is 49.2 Å². The number of benzene rings is 1. The molecule has 0 aliphatic carbocycles. The van der Waals surface area contributed by atoms with E-state index in [-0.39, 0.29) is 40.4 Å². The lowest BCUT2D eigenvalue weighted by molar-refractivity contribution is -0.346. The Kier molecular flexibility index (Phi) is 7.69. The molecule has 3 N–H and O–H groups in total. The maximum Gasteiger partial charge on any atom is 0.402 e. The van der Waals surface area contributed by atoms with Gasteiger partial charge in [0, 0.05) is 11.8 Å². The van der Waals surface area contributed by atoms with E-state index in [1.807, 2.05) is 41.5 Å². The number of halogens is 2. The van der Waals surface area contributed by atoms with Gasteiger partial charge in [-0.05, 0) is 35.3 Å². The van der Waals surface area contributed by atoms with Gasteiger partial charge < -0.3 is 19.5 Å². The van der Waals surface area contributed by atoms with Crippen molar-refractivity contribution in [3.63, 3.8) is 0 Å². The number of aromatic nitrogens is 2. The standard InChI is InChI=1S/C24H31ClFN2O7PS/c1-22(2,3)13-9-14(23(4,5)6)19-12(18(13)26)11-32-36(34-19)35-24(30,31)16-7-8-17(33-16)28-10-15(25)20(37)27-21(28)29/h9-10,16-17,30-31H,7-8,11H2,1-6H3,(H,27,29,37). The van der Waals surface area contributed by atoms with Crippen LogP contribution in [0, 0.1) is 10.5 Å². The summed E-state index contributed by atoms with van der Waals surface area (Å²) in [5, 5.41) is 21.6. The Labute approximate surface area is 225 Å². The molecular formula is C24H31ClFN2O7PS. The molecule has 37 heavy (non-hydrogen) atoms. The predicted molar refractivity (Wildman–Crippen MR) is 138 cm³/mol. The first-order valence-corrected chi connectivity index (χ1v) is 13.6. The predicted octanol–water partition coefficient (Wildman–Crippen LogP) is 5.46. The summed E-state index contributed by atoms with van der Waals surface area (Å²) in [6, 6.07) is 1.79. The van der Waals surface area contributed by atoms with Crippen LogP contribution < -0.4 is 10.2 Å². The molecule has 4 rings (SSSR count). The molecule has 204 valence electrons. The molecule has 1 aromatic heterocycles. The zero-order valence-electron chi connectivity index (χ0n) is 21.4. The Bertz CT molecular complexity index is 1320. The fraction of sp³-hybridized carbons (Fsp3) is 0.583. The summed E-state index contributed by atoms with van der Waals surface area (Å²) in [5.74, 6) is -2.95. The Morgan fingerprint density at radius 3 is 2.46 bits per heavy atom. The highest BCUT2D eigenvalue weighted by Gasteiger charge is 2.48. The number of aromatic amines is 1. The minimum atomic E-state index is -2.81. The first-order chi connectivity index (χ1) is 17.0. The van der Waals surface area contributed by atoms with Gasteiger partial charge in [-0.15, -0.1) is 0 Å². The highest BCUT2D eigenvalue weighted by molar-refractivity contribution is 7.71. The van der Waals surface area contributed by atoms with Gasteiger partial charge in [0.1, 0.15) is 28.5 Å². The first-order valence-electron chi connectivity index (χ1n) is 11.8. The van der Waals surface area contributed by atoms with Crippen LogP contribution >= 0.6 is 32.4 Å². The average Bonchev–Trinajstić information content (AvgIpc) is 3.25. The SMILES string of the molecule is CC(C)(C)c1cc(C(C)(C)C)c2c(c1F)COP(OC(O)(O)C1CCC(n3cc(Cl)c(=S)[nH]c3=O)O1)O2. The van der Waals surface area contributed by atoms with E-state index in [0.717, 1.165) is 5.56 Å². The molecule has 2 aliphatic rings. The van der Waals surface area contributed by atoms with E-state index in [4.69, 9.17) is 42.1 Å². The third-order valence-electron chi connectivity index (χ3n) is 6.27. The number of hydrogen-bond acceptors (Lipinski definition) is 8. The Morgan fingerprint density at radius 1 is 1.19 bits per heavy atom. The van der Waals surface area contributed by atoms with E-state index in [9.17, 15) is 15.0 Å². The van der Waals surface area contributed by atoms with Crippen molar-refractivity contribution in [1.82, 2.24) is 9.55 Å². The lowest BCUT2D eigenvalue weighted by Gasteiger charge is -2.35. The van der Waals surface area contributed by atoms with Crippen molar-refractivity contribution in [2.75, 3.05) is 0 Å². The van der Waals surface area contributed by atoms with Gasteiger partial charge in [0.25, 0.3) is 0 Å². The molecule has 3 heterocycles. The van der Waals surface area contributed by atoms with Crippen molar-refractivity contribution in [1.29, 1.82) is 0 Å². The van der Waals surface area contributed by atoms with E-state index in [0.29, 0.717) is 5.56 Å². The minimum Gasteiger partial charge on any atom is -0.426 e. The Morgan fingerprint density at radius 2 is 1.84 bits per heavy atom. The van der Waals surface area contributed by atoms with Crippen molar-refractivity contribution >= 4 is 32.4 Å². The highest BCUT2D eigenvalue weighted by Crippen LogP contribution is 2.54. The zero-order valence-corrected chi connectivity index (χ0v) is 23.9. The lowest BCUT2D eigenvalue weighted by atomic mass is 9.78. The molecule has 0 saturated carbocycles. The van der Waals surface area contributed by atoms with E-state index in [1.165, 1.54) is 10.8 Å². The normalized spacial score (nSPS) is 22.6. The molecule has 13 heteroatoms. The van der Waals surface area contributed by atoms with Crippen LogP contribution in [0.25, 0.3) is 0 Å². The van der Waals surface area contributed by atoms with Gasteiger partial charge in [-0.3, -0.25) is 14.1 Å². The molecule has 1 fully saturated rings. The monoisotopic (exact) mass is 576 g/mol. The fourth-order valence-corrected chi connectivity index (χ4v) is 5.61. The number of aliphatic hydroxyl groups is 2. The van der Waals surface area contributed by atoms with Gasteiger partial charge in [-0.2, -0.15) is 0 Å². The summed E-state index contributed by atoms with van der Waals surface area (Å²) in [7, 11) is -2.32. The van der Waals surface area contributed by atoms with Crippen LogP contribution in [0.3, 0.4) is 0 Å². The van der Waals surface area contributed by atoms with Crippen LogP contribution in [0.5, 0.6) is 5.75 Å². The molecule has 3 atom stereocenters. The van der Waals surface area contributed by atoms with Gasteiger partial charge in [-0.25, -0.2) is 13.7 Å². The highest BCUT2D eigenvalue weighted by atomic mass is 35.5. The average molecular weight is 577 g/mol. The smallest absolute Gasteiger partial charge is 0.402 e. The van der Waals surface area contributed by atoms with Crippen molar-refractivity contribution in [2.45, 2.75) is 90.1 Å². The molecule has 3 unspecified atom stereocenters. The number of ether oxygens (including phenoxy) is 1. The van der Waals surface area contributed by atoms with Crippen LogP contribution in [0.1, 0.15) is 77.3 Å². The first kappa shape index (κ1) is 28.6. The molecular weight excluding hydrogens is 546 g/mol. The second-order valence-corrected chi connectivity index (χ2v) is 13.1. The van der Waals surface area contributed by atoms with Crippen LogP contribution in [0.15, 0.2) is 17.1 Å². The van der Waals surface area contributed by atoms with E-state index >= 15 is 4.39 Å². The third-order valence-corrected chi connectivity index (χ3v) is 8.07. The van der Waals surface area contributed by atoms with Crippen LogP contribution in [0.2, 0.25) is 5.02 Å². The van der Waals surface area contributed by atoms with Crippen molar-refractivity contribution in [2.24, 2.45) is 0 Å². The Balaban J connectivity index is 1.55. The van der Waals surface area contributed by atoms with Gasteiger partial charge in [0.05, 0.1) is 17.2 Å². The van der Waals surface area contributed by atoms with Gasteiger partial charge in [0.2, 0.25) is 0 Å². The molecule has 0 radical (unpaired) electrons. The maximum atomic E-state index is 15.5. The second-order valence-electron chi connectivity index (χ2n) is 11.2. The number of H-pyrrole nitrogens is 1. The zero-order chi connectivity index (χ0) is 27.5. The molecule has 0 spiro atoms. The quantitative estimate of drug-likeness (QED) is 0.250. The van der Waals surface area contributed by atoms with Gasteiger partial charge in [0.15, 0.2) is 0 Å². The van der Waals surface area contributed by atoms with E-state index in [2.05, 4.69) is 4.98 Å². The van der Waals surface area contributed by atoms with E-state index in [1.54, 1.807) is 6.07 Å². The summed E-state index contributed by atoms with van der Waals surface area (Å²) >= 11 is 11.0. The molecule has 0 amide bonds. The number of hydrogen-bond donors (Lipinski definition) is 3. The molecule has 1 aromatic carbocycles. The van der Waals surface area contributed by atoms with Crippen LogP contribution in [0.4, 0.5) is 4.39 Å². The fourth-order valence-electron chi connectivity index (χ4n) is 4.24. The van der Waals surface area contributed by atoms with Crippen molar-refractivity contribution in [3.8, 4) is 5.75 Å². The van der Waals surface area contributed by atoms with Crippen LogP contribution in [-0.4, -0.2) is 31.8 Å². The molecule has 0 bridgehead atoms. The number of nitrogens with zero attached hydrogens (tertiary/aromatic N) is 1. The van der Waals surface area contributed by atoms with Crippen molar-refractivity contribution in [3.05, 3.63) is 54.9 Å². The number of nitrogens with one attached hydrogen (secondary N) is 1. The lowest BCUT2D eigenvalue weighted by Crippen LogP contribution is -2.44. The summed E-state index contributed by atoms with van der Waals surface area (Å²) in [4.78, 5) is 14.7. The summed E-state index contributed by atoms with van der Waals surface area (Å²) in [6.07, 6.45) is -0.313. The largest absolute Gasteiger partial charge is 0.426 e. The molecule has 1 saturated heterocycles. The van der Waals surface area contributed by atoms with Gasteiger partial charge >= 0.3 is 20.3 Å². The number of fused-ring (bicyclic) bond motifs is 1. The minimum absolute atomic E-state index is 0.0924. The topological polar surface area (TPSA) is 115 Å². The van der Waals surface area contributed by atoms with Crippen molar-refractivity contribution < 1.29 is 32.9 Å². The molecule has 2 aromatic rings. The summed E-state index contributed by atoms with van der Waals surface area (Å²) in [5.41, 5.74) is 0.153. The Hall–Kier alpha value is -1.43. The molecule has 2 aliphatic heterocycles. The summed E-state index contributed by atoms with van der Waals surface area (Å²) in [6.45, 7) is 11.6.